The van der Waals surface area contributed by atoms with Gasteiger partial charge in [0.05, 0.1) is 5.60 Å². The summed E-state index contributed by atoms with van der Waals surface area (Å²) in [5.74, 6) is 0.738. The Bertz CT molecular complexity index is 474. The maximum absolute atomic E-state index is 10.5. The van der Waals surface area contributed by atoms with Crippen molar-refractivity contribution in [2.24, 2.45) is 5.41 Å². The minimum Gasteiger partial charge on any atom is -0.390 e. The van der Waals surface area contributed by atoms with Gasteiger partial charge in [0.15, 0.2) is 0 Å². The van der Waals surface area contributed by atoms with Crippen LogP contribution in [0.2, 0.25) is 0 Å². The highest BCUT2D eigenvalue weighted by Crippen LogP contribution is 2.63. The molecule has 1 nitrogen and oxygen atoms in total. The van der Waals surface area contributed by atoms with Gasteiger partial charge in [-0.1, -0.05) is 30.7 Å². The van der Waals surface area contributed by atoms with E-state index in [1.807, 2.05) is 6.92 Å². The van der Waals surface area contributed by atoms with Crippen molar-refractivity contribution in [3.63, 3.8) is 0 Å². The van der Waals surface area contributed by atoms with Crippen molar-refractivity contribution >= 4 is 0 Å². The molecule has 1 aromatic rings. The van der Waals surface area contributed by atoms with E-state index < -0.39 is 5.60 Å². The Morgan fingerprint density at radius 2 is 1.94 bits per heavy atom. The SMILES string of the molecule is Cc1ccc2c(c1)CCC(C)(O)CCC1(C)CC21. The summed E-state index contributed by atoms with van der Waals surface area (Å²) in [6.45, 7) is 6.56. The zero-order valence-corrected chi connectivity index (χ0v) is 11.8. The van der Waals surface area contributed by atoms with E-state index in [-0.39, 0.29) is 0 Å². The Kier molecular flexibility index (Phi) is 2.60. The van der Waals surface area contributed by atoms with Crippen LogP contribution in [0.15, 0.2) is 18.2 Å². The average Bonchev–Trinajstić information content (AvgIpc) is 2.96. The van der Waals surface area contributed by atoms with Crippen LogP contribution in [0.25, 0.3) is 0 Å². The highest BCUT2D eigenvalue weighted by atomic mass is 16.3. The molecule has 0 amide bonds. The second-order valence-corrected chi connectivity index (χ2v) is 7.11. The minimum absolute atomic E-state index is 0.443. The Balaban J connectivity index is 2.00. The highest BCUT2D eigenvalue weighted by Gasteiger charge is 2.51. The zero-order valence-electron chi connectivity index (χ0n) is 11.8. The fourth-order valence-corrected chi connectivity index (χ4v) is 3.54. The van der Waals surface area contributed by atoms with E-state index in [2.05, 4.69) is 32.0 Å². The van der Waals surface area contributed by atoms with Crippen LogP contribution in [-0.2, 0) is 6.42 Å². The largest absolute Gasteiger partial charge is 0.390 e. The minimum atomic E-state index is -0.485. The van der Waals surface area contributed by atoms with Gasteiger partial charge in [0.1, 0.15) is 0 Å². The van der Waals surface area contributed by atoms with Crippen molar-refractivity contribution in [1.29, 1.82) is 0 Å². The van der Waals surface area contributed by atoms with Crippen LogP contribution in [0.5, 0.6) is 0 Å². The van der Waals surface area contributed by atoms with E-state index in [1.165, 1.54) is 17.5 Å². The predicted molar refractivity (Wildman–Crippen MR) is 74.8 cm³/mol. The first-order valence-electron chi connectivity index (χ1n) is 7.22. The van der Waals surface area contributed by atoms with Crippen LogP contribution in [0.3, 0.4) is 0 Å². The molecular formula is C17H24O. The molecule has 3 rings (SSSR count). The Labute approximate surface area is 110 Å². The van der Waals surface area contributed by atoms with Crippen LogP contribution < -0.4 is 0 Å². The second kappa shape index (κ2) is 3.84. The van der Waals surface area contributed by atoms with Gasteiger partial charge in [-0.2, -0.15) is 0 Å². The highest BCUT2D eigenvalue weighted by molar-refractivity contribution is 5.39. The Hall–Kier alpha value is -0.820. The van der Waals surface area contributed by atoms with E-state index in [0.29, 0.717) is 5.41 Å². The fourth-order valence-electron chi connectivity index (χ4n) is 3.54. The number of fused-ring (bicyclic) bond motifs is 3. The molecule has 0 radical (unpaired) electrons. The summed E-state index contributed by atoms with van der Waals surface area (Å²) >= 11 is 0. The number of aryl methyl sites for hydroxylation is 2. The van der Waals surface area contributed by atoms with E-state index in [0.717, 1.165) is 31.6 Å². The van der Waals surface area contributed by atoms with Gasteiger partial charge in [-0.25, -0.2) is 0 Å². The molecular weight excluding hydrogens is 220 g/mol. The van der Waals surface area contributed by atoms with Crippen molar-refractivity contribution in [3.05, 3.63) is 34.9 Å². The van der Waals surface area contributed by atoms with E-state index in [4.69, 9.17) is 0 Å². The number of rotatable bonds is 0. The topological polar surface area (TPSA) is 20.2 Å². The summed E-state index contributed by atoms with van der Waals surface area (Å²) in [5.41, 5.74) is 4.33. The van der Waals surface area contributed by atoms with Gasteiger partial charge in [-0.3, -0.25) is 0 Å². The van der Waals surface area contributed by atoms with Gasteiger partial charge in [0, 0.05) is 0 Å². The number of hydrogen-bond acceptors (Lipinski definition) is 1. The maximum Gasteiger partial charge on any atom is 0.0623 e. The lowest BCUT2D eigenvalue weighted by Gasteiger charge is -2.24. The lowest BCUT2D eigenvalue weighted by molar-refractivity contribution is 0.0355. The van der Waals surface area contributed by atoms with Crippen LogP contribution in [0.1, 0.15) is 62.1 Å². The third-order valence-corrected chi connectivity index (χ3v) is 5.19. The number of aliphatic hydroxyl groups is 1. The smallest absolute Gasteiger partial charge is 0.0623 e. The van der Waals surface area contributed by atoms with Gasteiger partial charge in [-0.15, -0.1) is 0 Å². The van der Waals surface area contributed by atoms with Crippen LogP contribution in [0.4, 0.5) is 0 Å². The first-order chi connectivity index (χ1) is 8.40. The molecule has 0 heterocycles. The van der Waals surface area contributed by atoms with Crippen molar-refractivity contribution in [2.45, 2.75) is 64.4 Å². The number of hydrogen-bond donors (Lipinski definition) is 1. The molecule has 1 saturated carbocycles. The summed E-state index contributed by atoms with van der Waals surface area (Å²) < 4.78 is 0. The zero-order chi connectivity index (χ0) is 13.0. The molecule has 3 atom stereocenters. The molecule has 0 aliphatic heterocycles. The van der Waals surface area contributed by atoms with Gasteiger partial charge in [0.2, 0.25) is 0 Å². The van der Waals surface area contributed by atoms with E-state index in [9.17, 15) is 5.11 Å². The van der Waals surface area contributed by atoms with Crippen LogP contribution >= 0.6 is 0 Å². The molecule has 0 saturated heterocycles. The molecule has 0 spiro atoms. The van der Waals surface area contributed by atoms with Gasteiger partial charge in [-0.05, 0) is 68.4 Å². The summed E-state index contributed by atoms with van der Waals surface area (Å²) in [5, 5.41) is 10.5. The molecule has 1 heteroatoms. The first kappa shape index (κ1) is 12.2. The summed E-state index contributed by atoms with van der Waals surface area (Å²) in [6, 6.07) is 6.91. The fraction of sp³-hybridized carbons (Fsp3) is 0.647. The molecule has 2 aliphatic carbocycles. The lowest BCUT2D eigenvalue weighted by Crippen LogP contribution is -2.25. The molecule has 1 fully saturated rings. The Morgan fingerprint density at radius 1 is 1.17 bits per heavy atom. The lowest BCUT2D eigenvalue weighted by atomic mass is 9.89. The standard InChI is InChI=1S/C17H24O/c1-12-4-5-14-13(10-12)6-7-17(3,18)9-8-16(2)11-15(14)16/h4-5,10,15,18H,6-9,11H2,1-3H3. The molecule has 2 aliphatic rings. The first-order valence-corrected chi connectivity index (χ1v) is 7.22. The van der Waals surface area contributed by atoms with Crippen LogP contribution in [-0.4, -0.2) is 10.7 Å². The molecule has 0 bridgehead atoms. The van der Waals surface area contributed by atoms with Gasteiger partial charge in [0.25, 0.3) is 0 Å². The van der Waals surface area contributed by atoms with Crippen molar-refractivity contribution in [1.82, 2.24) is 0 Å². The van der Waals surface area contributed by atoms with Crippen LogP contribution in [0, 0.1) is 12.3 Å². The Morgan fingerprint density at radius 3 is 2.72 bits per heavy atom. The third-order valence-electron chi connectivity index (χ3n) is 5.19. The number of benzene rings is 1. The summed E-state index contributed by atoms with van der Waals surface area (Å²) in [4.78, 5) is 0. The van der Waals surface area contributed by atoms with E-state index >= 15 is 0 Å². The van der Waals surface area contributed by atoms with Gasteiger partial charge < -0.3 is 5.11 Å². The van der Waals surface area contributed by atoms with Crippen molar-refractivity contribution < 1.29 is 5.11 Å². The van der Waals surface area contributed by atoms with Crippen molar-refractivity contribution in [2.75, 3.05) is 0 Å². The average molecular weight is 244 g/mol. The molecule has 98 valence electrons. The monoisotopic (exact) mass is 244 g/mol. The molecule has 1 N–H and O–H groups in total. The quantitative estimate of drug-likeness (QED) is 0.732. The van der Waals surface area contributed by atoms with E-state index in [1.54, 1.807) is 5.56 Å². The third kappa shape index (κ3) is 2.09. The van der Waals surface area contributed by atoms with Gasteiger partial charge >= 0.3 is 0 Å². The molecule has 1 aromatic carbocycles. The second-order valence-electron chi connectivity index (χ2n) is 7.11. The maximum atomic E-state index is 10.5. The molecule has 3 unspecified atom stereocenters. The normalized spacial score (nSPS) is 39.0. The summed E-state index contributed by atoms with van der Waals surface area (Å²) in [6.07, 6.45) is 5.34. The summed E-state index contributed by atoms with van der Waals surface area (Å²) in [7, 11) is 0. The molecule has 0 aromatic heterocycles. The predicted octanol–water partition coefficient (Wildman–Crippen LogP) is 3.97. The molecule has 18 heavy (non-hydrogen) atoms. The van der Waals surface area contributed by atoms with Crippen molar-refractivity contribution in [3.8, 4) is 0 Å².